The molecule has 0 aromatic heterocycles. The van der Waals surface area contributed by atoms with Crippen LogP contribution in [-0.2, 0) is 0 Å². The highest BCUT2D eigenvalue weighted by Crippen LogP contribution is 2.33. The van der Waals surface area contributed by atoms with E-state index in [0.29, 0.717) is 0 Å². The number of hydrogen-bond acceptors (Lipinski definition) is 2. The third kappa shape index (κ3) is 3.82. The number of hydrogen-bond donors (Lipinski definition) is 0. The van der Waals surface area contributed by atoms with Crippen molar-refractivity contribution >= 4 is 0 Å². The van der Waals surface area contributed by atoms with Crippen molar-refractivity contribution in [2.24, 2.45) is 11.8 Å². The average Bonchev–Trinajstić information content (AvgIpc) is 2.55. The van der Waals surface area contributed by atoms with E-state index in [1.807, 2.05) is 0 Å². The molecule has 3 fully saturated rings. The smallest absolute Gasteiger partial charge is 0.0223 e. The molecule has 2 heteroatoms. The van der Waals surface area contributed by atoms with Crippen LogP contribution in [0.25, 0.3) is 0 Å². The van der Waals surface area contributed by atoms with Gasteiger partial charge in [0.1, 0.15) is 0 Å². The Bertz CT molecular complexity index is 309. The molecule has 0 radical (unpaired) electrons. The minimum Gasteiger partial charge on any atom is -0.298 e. The molecule has 1 aliphatic carbocycles. The SMILES string of the molecule is CCC1CCC(CN2CC3CCCCN3CC2CC)CC1. The van der Waals surface area contributed by atoms with E-state index in [2.05, 4.69) is 23.6 Å². The minimum absolute atomic E-state index is 0.836. The van der Waals surface area contributed by atoms with Gasteiger partial charge in [-0.15, -0.1) is 0 Å². The molecule has 0 spiro atoms. The maximum Gasteiger partial charge on any atom is 0.0223 e. The van der Waals surface area contributed by atoms with Crippen LogP contribution in [0.4, 0.5) is 0 Å². The van der Waals surface area contributed by atoms with Crippen molar-refractivity contribution in [3.05, 3.63) is 0 Å². The van der Waals surface area contributed by atoms with Crippen molar-refractivity contribution in [3.8, 4) is 0 Å². The van der Waals surface area contributed by atoms with Crippen molar-refractivity contribution in [1.29, 1.82) is 0 Å². The molecule has 3 rings (SSSR count). The molecule has 2 aliphatic heterocycles. The first kappa shape index (κ1) is 15.8. The summed E-state index contributed by atoms with van der Waals surface area (Å²) in [4.78, 5) is 5.70. The normalized spacial score (nSPS) is 39.1. The Labute approximate surface area is 132 Å². The number of piperidine rings is 1. The van der Waals surface area contributed by atoms with E-state index in [9.17, 15) is 0 Å². The number of nitrogens with zero attached hydrogens (tertiary/aromatic N) is 2. The zero-order valence-corrected chi connectivity index (χ0v) is 14.4. The van der Waals surface area contributed by atoms with Crippen LogP contribution in [0.2, 0.25) is 0 Å². The minimum atomic E-state index is 0.836. The van der Waals surface area contributed by atoms with Crippen LogP contribution in [-0.4, -0.2) is 48.1 Å². The fourth-order valence-corrected chi connectivity index (χ4v) is 5.08. The van der Waals surface area contributed by atoms with E-state index in [-0.39, 0.29) is 0 Å². The third-order valence-electron chi connectivity index (χ3n) is 6.66. The molecular formula is C19H36N2. The lowest BCUT2D eigenvalue weighted by atomic mass is 9.80. The van der Waals surface area contributed by atoms with Gasteiger partial charge in [0.05, 0.1) is 0 Å². The van der Waals surface area contributed by atoms with Crippen molar-refractivity contribution < 1.29 is 0 Å². The molecule has 1 saturated carbocycles. The Kier molecular flexibility index (Phi) is 5.61. The van der Waals surface area contributed by atoms with Gasteiger partial charge in [-0.05, 0) is 50.5 Å². The van der Waals surface area contributed by atoms with Gasteiger partial charge in [-0.2, -0.15) is 0 Å². The van der Waals surface area contributed by atoms with Crippen LogP contribution in [0, 0.1) is 11.8 Å². The molecule has 2 atom stereocenters. The van der Waals surface area contributed by atoms with Crippen molar-refractivity contribution in [2.75, 3.05) is 26.2 Å². The molecule has 2 saturated heterocycles. The van der Waals surface area contributed by atoms with Gasteiger partial charge < -0.3 is 0 Å². The lowest BCUT2D eigenvalue weighted by molar-refractivity contribution is -0.00381. The van der Waals surface area contributed by atoms with E-state index in [1.54, 1.807) is 0 Å². The second-order valence-corrected chi connectivity index (χ2v) is 7.96. The Morgan fingerprint density at radius 2 is 1.57 bits per heavy atom. The predicted octanol–water partition coefficient (Wildman–Crippen LogP) is 4.15. The van der Waals surface area contributed by atoms with Gasteiger partial charge in [-0.25, -0.2) is 0 Å². The molecule has 21 heavy (non-hydrogen) atoms. The van der Waals surface area contributed by atoms with Crippen molar-refractivity contribution in [3.63, 3.8) is 0 Å². The maximum absolute atomic E-state index is 2.89. The van der Waals surface area contributed by atoms with Gasteiger partial charge in [0.15, 0.2) is 0 Å². The molecule has 2 unspecified atom stereocenters. The van der Waals surface area contributed by atoms with Crippen LogP contribution < -0.4 is 0 Å². The first-order valence-corrected chi connectivity index (χ1v) is 9.78. The fourth-order valence-electron chi connectivity index (χ4n) is 5.08. The molecular weight excluding hydrogens is 256 g/mol. The van der Waals surface area contributed by atoms with Crippen molar-refractivity contribution in [2.45, 2.75) is 83.7 Å². The first-order chi connectivity index (χ1) is 10.3. The number of rotatable bonds is 4. The topological polar surface area (TPSA) is 6.48 Å². The second kappa shape index (κ2) is 7.46. The van der Waals surface area contributed by atoms with Gasteiger partial charge in [0.25, 0.3) is 0 Å². The summed E-state index contributed by atoms with van der Waals surface area (Å²) in [7, 11) is 0. The third-order valence-corrected chi connectivity index (χ3v) is 6.66. The largest absolute Gasteiger partial charge is 0.298 e. The van der Waals surface area contributed by atoms with Crippen LogP contribution in [0.5, 0.6) is 0 Å². The fraction of sp³-hybridized carbons (Fsp3) is 1.00. The quantitative estimate of drug-likeness (QED) is 0.768. The summed E-state index contributed by atoms with van der Waals surface area (Å²) in [6.07, 6.45) is 13.1. The van der Waals surface area contributed by atoms with Crippen molar-refractivity contribution in [1.82, 2.24) is 9.80 Å². The van der Waals surface area contributed by atoms with Crippen LogP contribution in [0.1, 0.15) is 71.6 Å². The Hall–Kier alpha value is -0.0800. The monoisotopic (exact) mass is 292 g/mol. The highest BCUT2D eigenvalue weighted by molar-refractivity contribution is 4.91. The van der Waals surface area contributed by atoms with Gasteiger partial charge in [0, 0.05) is 31.7 Å². The summed E-state index contributed by atoms with van der Waals surface area (Å²) in [6.45, 7) is 10.3. The van der Waals surface area contributed by atoms with Gasteiger partial charge in [0.2, 0.25) is 0 Å². The van der Waals surface area contributed by atoms with Gasteiger partial charge >= 0.3 is 0 Å². The number of fused-ring (bicyclic) bond motifs is 1. The second-order valence-electron chi connectivity index (χ2n) is 7.96. The average molecular weight is 293 g/mol. The molecule has 0 amide bonds. The predicted molar refractivity (Wildman–Crippen MR) is 90.6 cm³/mol. The lowest BCUT2D eigenvalue weighted by Crippen LogP contribution is -2.60. The Morgan fingerprint density at radius 1 is 0.810 bits per heavy atom. The number of piperazine rings is 1. The summed E-state index contributed by atoms with van der Waals surface area (Å²) >= 11 is 0. The summed E-state index contributed by atoms with van der Waals surface area (Å²) in [5.41, 5.74) is 0. The molecule has 2 heterocycles. The summed E-state index contributed by atoms with van der Waals surface area (Å²) in [5.74, 6) is 2.04. The summed E-state index contributed by atoms with van der Waals surface area (Å²) in [6, 6.07) is 1.72. The van der Waals surface area contributed by atoms with Crippen LogP contribution in [0.15, 0.2) is 0 Å². The van der Waals surface area contributed by atoms with Crippen LogP contribution >= 0.6 is 0 Å². The zero-order valence-electron chi connectivity index (χ0n) is 14.4. The Morgan fingerprint density at radius 3 is 2.29 bits per heavy atom. The molecule has 3 aliphatic rings. The maximum atomic E-state index is 2.89. The molecule has 0 aromatic rings. The van der Waals surface area contributed by atoms with E-state index in [4.69, 9.17) is 0 Å². The highest BCUT2D eigenvalue weighted by atomic mass is 15.3. The van der Waals surface area contributed by atoms with E-state index >= 15 is 0 Å². The van der Waals surface area contributed by atoms with E-state index in [1.165, 1.54) is 84.0 Å². The van der Waals surface area contributed by atoms with Gasteiger partial charge in [-0.3, -0.25) is 9.80 Å². The first-order valence-electron chi connectivity index (χ1n) is 9.78. The standard InChI is InChI=1S/C19H36N2/c1-3-16-8-10-17(11-9-16)13-21-15-19-7-5-6-12-20(19)14-18(21)4-2/h16-19H,3-15H2,1-2H3. The molecule has 0 N–H and O–H groups in total. The van der Waals surface area contributed by atoms with E-state index < -0.39 is 0 Å². The lowest BCUT2D eigenvalue weighted by Gasteiger charge is -2.49. The van der Waals surface area contributed by atoms with E-state index in [0.717, 1.165) is 23.9 Å². The Balaban J connectivity index is 1.53. The summed E-state index contributed by atoms with van der Waals surface area (Å²) < 4.78 is 0. The van der Waals surface area contributed by atoms with Gasteiger partial charge in [-0.1, -0.05) is 39.5 Å². The molecule has 122 valence electrons. The molecule has 0 bridgehead atoms. The molecule has 2 nitrogen and oxygen atoms in total. The van der Waals surface area contributed by atoms with Crippen LogP contribution in [0.3, 0.4) is 0 Å². The summed E-state index contributed by atoms with van der Waals surface area (Å²) in [5, 5.41) is 0. The highest BCUT2D eigenvalue weighted by Gasteiger charge is 2.35. The zero-order chi connectivity index (χ0) is 14.7. The molecule has 0 aromatic carbocycles.